The number of carbonyl (C=O) groups excluding carboxylic acids is 2. The van der Waals surface area contributed by atoms with Crippen molar-refractivity contribution in [2.75, 3.05) is 13.2 Å². The van der Waals surface area contributed by atoms with Crippen molar-refractivity contribution in [1.82, 2.24) is 0 Å². The Morgan fingerprint density at radius 1 is 1.18 bits per heavy atom. The maximum atomic E-state index is 11.5. The third-order valence-corrected chi connectivity index (χ3v) is 5.30. The molecule has 0 atom stereocenters. The van der Waals surface area contributed by atoms with E-state index in [9.17, 15) is 9.59 Å². The second-order valence-electron chi connectivity index (χ2n) is 4.03. The van der Waals surface area contributed by atoms with E-state index in [1.807, 2.05) is 20.4 Å². The van der Waals surface area contributed by atoms with Crippen molar-refractivity contribution < 1.29 is 18.4 Å². The van der Waals surface area contributed by atoms with Crippen LogP contribution in [-0.2, 0) is 18.4 Å². The van der Waals surface area contributed by atoms with Crippen molar-refractivity contribution in [3.05, 3.63) is 12.2 Å². The second-order valence-corrected chi connectivity index (χ2v) is 7.38. The van der Waals surface area contributed by atoms with Crippen molar-refractivity contribution in [3.63, 3.8) is 0 Å². The molecule has 0 saturated carbocycles. The summed E-state index contributed by atoms with van der Waals surface area (Å²) in [6.45, 7) is 11.8. The fourth-order valence-corrected chi connectivity index (χ4v) is 3.76. The molecule has 0 bridgehead atoms. The molecular formula is C12H22O4Si. The number of rotatable bonds is 9. The summed E-state index contributed by atoms with van der Waals surface area (Å²) in [5, 5.41) is 0. The minimum atomic E-state index is -2.30. The summed E-state index contributed by atoms with van der Waals surface area (Å²) < 4.78 is 11.2. The van der Waals surface area contributed by atoms with Gasteiger partial charge in [0.2, 0.25) is 11.6 Å². The molecule has 0 rings (SSSR count). The Hall–Kier alpha value is -0.783. The van der Waals surface area contributed by atoms with E-state index in [-0.39, 0.29) is 12.0 Å². The van der Waals surface area contributed by atoms with Crippen LogP contribution < -0.4 is 0 Å². The van der Waals surface area contributed by atoms with Gasteiger partial charge in [0.15, 0.2) is 0 Å². The maximum absolute atomic E-state index is 11.5. The quantitative estimate of drug-likeness (QED) is 0.361. The molecule has 0 aromatic rings. The minimum Gasteiger partial charge on any atom is -0.395 e. The van der Waals surface area contributed by atoms with Crippen LogP contribution in [0.3, 0.4) is 0 Å². The van der Waals surface area contributed by atoms with E-state index in [1.54, 1.807) is 6.92 Å². The SMILES string of the molecule is C=C(C)C(=O)C(=O)CC[Si](C)(OCC)OCC. The highest BCUT2D eigenvalue weighted by molar-refractivity contribution is 6.66. The van der Waals surface area contributed by atoms with Gasteiger partial charge >= 0.3 is 8.56 Å². The summed E-state index contributed by atoms with van der Waals surface area (Å²) in [4.78, 5) is 22.9. The van der Waals surface area contributed by atoms with Crippen molar-refractivity contribution in [3.8, 4) is 0 Å². The van der Waals surface area contributed by atoms with Gasteiger partial charge in [-0.25, -0.2) is 0 Å². The summed E-state index contributed by atoms with van der Waals surface area (Å²) in [5.74, 6) is -0.898. The molecule has 0 radical (unpaired) electrons. The summed E-state index contributed by atoms with van der Waals surface area (Å²) in [5.41, 5.74) is 0.284. The molecule has 4 nitrogen and oxygen atoms in total. The zero-order valence-electron chi connectivity index (χ0n) is 11.2. The molecule has 0 spiro atoms. The van der Waals surface area contributed by atoms with Crippen LogP contribution in [0.5, 0.6) is 0 Å². The smallest absolute Gasteiger partial charge is 0.335 e. The lowest BCUT2D eigenvalue weighted by Gasteiger charge is -2.25. The summed E-state index contributed by atoms with van der Waals surface area (Å²) in [6.07, 6.45) is 0.175. The van der Waals surface area contributed by atoms with Crippen molar-refractivity contribution >= 4 is 20.1 Å². The van der Waals surface area contributed by atoms with E-state index in [2.05, 4.69) is 6.58 Å². The molecule has 5 heteroatoms. The monoisotopic (exact) mass is 258 g/mol. The van der Waals surface area contributed by atoms with Gasteiger partial charge in [0.1, 0.15) is 0 Å². The van der Waals surface area contributed by atoms with Crippen LogP contribution in [0.4, 0.5) is 0 Å². The van der Waals surface area contributed by atoms with E-state index >= 15 is 0 Å². The first-order valence-corrected chi connectivity index (χ1v) is 8.39. The molecule has 98 valence electrons. The van der Waals surface area contributed by atoms with Crippen LogP contribution in [0.1, 0.15) is 27.2 Å². The lowest BCUT2D eigenvalue weighted by molar-refractivity contribution is -0.134. The van der Waals surface area contributed by atoms with Crippen molar-refractivity contribution in [2.45, 2.75) is 39.8 Å². The van der Waals surface area contributed by atoms with E-state index in [0.717, 1.165) is 0 Å². The molecule has 0 amide bonds. The van der Waals surface area contributed by atoms with Gasteiger partial charge in [0.25, 0.3) is 0 Å². The lowest BCUT2D eigenvalue weighted by atomic mass is 10.1. The molecule has 0 heterocycles. The first kappa shape index (κ1) is 16.2. The summed E-state index contributed by atoms with van der Waals surface area (Å²) >= 11 is 0. The predicted molar refractivity (Wildman–Crippen MR) is 69.1 cm³/mol. The molecular weight excluding hydrogens is 236 g/mol. The van der Waals surface area contributed by atoms with Crippen LogP contribution in [0, 0.1) is 0 Å². The number of Topliss-reactive ketones (excluding diaryl/α,β-unsaturated/α-hetero) is 2. The summed E-state index contributed by atoms with van der Waals surface area (Å²) in [6, 6.07) is 0.506. The normalized spacial score (nSPS) is 11.3. The third-order valence-electron chi connectivity index (χ3n) is 2.35. The van der Waals surface area contributed by atoms with E-state index in [1.165, 1.54) is 0 Å². The Morgan fingerprint density at radius 3 is 2.00 bits per heavy atom. The number of ketones is 2. The van der Waals surface area contributed by atoms with Gasteiger partial charge in [-0.1, -0.05) is 6.58 Å². The standard InChI is InChI=1S/C12H22O4Si/c1-6-15-17(5,16-7-2)9-8-11(13)12(14)10(3)4/h3,6-9H2,1-2,4-5H3. The average Bonchev–Trinajstić information content (AvgIpc) is 2.25. The Bertz CT molecular complexity index is 293. The molecule has 0 unspecified atom stereocenters. The largest absolute Gasteiger partial charge is 0.395 e. The zero-order chi connectivity index (χ0) is 13.5. The molecule has 0 aliphatic heterocycles. The molecule has 0 aromatic heterocycles. The minimum absolute atomic E-state index is 0.175. The lowest BCUT2D eigenvalue weighted by Crippen LogP contribution is -2.39. The number of carbonyl (C=O) groups is 2. The highest BCUT2D eigenvalue weighted by Gasteiger charge is 2.32. The van der Waals surface area contributed by atoms with Crippen LogP contribution in [0.2, 0.25) is 12.6 Å². The highest BCUT2D eigenvalue weighted by Crippen LogP contribution is 2.16. The van der Waals surface area contributed by atoms with Gasteiger partial charge in [-0.15, -0.1) is 0 Å². The average molecular weight is 258 g/mol. The zero-order valence-corrected chi connectivity index (χ0v) is 12.2. The molecule has 17 heavy (non-hydrogen) atoms. The van der Waals surface area contributed by atoms with E-state index in [4.69, 9.17) is 8.85 Å². The van der Waals surface area contributed by atoms with Gasteiger partial charge in [0.05, 0.1) is 0 Å². The van der Waals surface area contributed by atoms with Gasteiger partial charge in [-0.05, 0) is 38.9 Å². The number of allylic oxidation sites excluding steroid dienone is 1. The van der Waals surface area contributed by atoms with Crippen molar-refractivity contribution in [2.24, 2.45) is 0 Å². The fraction of sp³-hybridized carbons (Fsp3) is 0.667. The predicted octanol–water partition coefficient (Wildman–Crippen LogP) is 2.24. The first-order chi connectivity index (χ1) is 7.86. The highest BCUT2D eigenvalue weighted by atomic mass is 28.4. The summed E-state index contributed by atoms with van der Waals surface area (Å²) in [7, 11) is -2.30. The van der Waals surface area contributed by atoms with Crippen LogP contribution >= 0.6 is 0 Å². The topological polar surface area (TPSA) is 52.6 Å². The van der Waals surface area contributed by atoms with E-state index in [0.29, 0.717) is 19.3 Å². The van der Waals surface area contributed by atoms with Crippen LogP contribution in [-0.4, -0.2) is 33.3 Å². The number of hydrogen-bond donors (Lipinski definition) is 0. The Morgan fingerprint density at radius 2 is 1.65 bits per heavy atom. The number of hydrogen-bond acceptors (Lipinski definition) is 4. The van der Waals surface area contributed by atoms with Gasteiger partial charge in [0, 0.05) is 19.6 Å². The second kappa shape index (κ2) is 7.52. The van der Waals surface area contributed by atoms with E-state index < -0.39 is 20.1 Å². The first-order valence-electron chi connectivity index (χ1n) is 5.87. The third kappa shape index (κ3) is 5.91. The molecule has 0 aliphatic rings. The molecule has 0 fully saturated rings. The van der Waals surface area contributed by atoms with Gasteiger partial charge in [-0.2, -0.15) is 0 Å². The Labute approximate surface area is 104 Å². The van der Waals surface area contributed by atoms with Crippen LogP contribution in [0.15, 0.2) is 12.2 Å². The molecule has 0 aliphatic carbocycles. The van der Waals surface area contributed by atoms with Gasteiger partial charge in [-0.3, -0.25) is 9.59 Å². The Balaban J connectivity index is 4.35. The van der Waals surface area contributed by atoms with Gasteiger partial charge < -0.3 is 8.85 Å². The van der Waals surface area contributed by atoms with Crippen LogP contribution in [0.25, 0.3) is 0 Å². The fourth-order valence-electron chi connectivity index (χ4n) is 1.49. The molecule has 0 saturated heterocycles. The maximum Gasteiger partial charge on any atom is 0.335 e. The van der Waals surface area contributed by atoms with Crippen molar-refractivity contribution in [1.29, 1.82) is 0 Å². The Kier molecular flexibility index (Phi) is 7.18. The molecule has 0 aromatic carbocycles. The molecule has 0 N–H and O–H groups in total.